The van der Waals surface area contributed by atoms with Crippen LogP contribution in [0.15, 0.2) is 30.4 Å². The molecule has 0 bridgehead atoms. The van der Waals surface area contributed by atoms with Gasteiger partial charge >= 0.3 is 88.1 Å². The van der Waals surface area contributed by atoms with Crippen molar-refractivity contribution < 1.29 is 21.8 Å². The molecule has 1 aromatic carbocycles. The average Bonchev–Trinajstić information content (AvgIpc) is 2.46. The van der Waals surface area contributed by atoms with Crippen LogP contribution in [0.2, 0.25) is 0 Å². The third kappa shape index (κ3) is 8.64. The molecule has 4 N–H and O–H groups in total. The first kappa shape index (κ1) is 21.5. The third-order valence-electron chi connectivity index (χ3n) is 3.11. The van der Waals surface area contributed by atoms with E-state index in [2.05, 4.69) is 38.2 Å². The molecule has 0 aliphatic heterocycles. The Morgan fingerprint density at radius 2 is 2.00 bits per heavy atom. The molecule has 1 aromatic rings. The molecule has 0 aliphatic carbocycles. The van der Waals surface area contributed by atoms with E-state index < -0.39 is 30.2 Å². The van der Waals surface area contributed by atoms with Gasteiger partial charge in [-0.15, -0.1) is 0 Å². The second kappa shape index (κ2) is 10.3. The third-order valence-corrected chi connectivity index (χ3v) is 5.18. The van der Waals surface area contributed by atoms with Crippen LogP contribution in [0.5, 0.6) is 5.75 Å². The molecule has 0 aliphatic rings. The number of nitrogens with one attached hydrogen (secondary N) is 1. The van der Waals surface area contributed by atoms with Crippen molar-refractivity contribution >= 4 is 30.1 Å². The summed E-state index contributed by atoms with van der Waals surface area (Å²) in [5.41, 5.74) is -0.00951. The van der Waals surface area contributed by atoms with E-state index >= 15 is 0 Å². The summed E-state index contributed by atoms with van der Waals surface area (Å²) in [4.78, 5) is 10.7. The Morgan fingerprint density at radius 1 is 1.39 bits per heavy atom. The van der Waals surface area contributed by atoms with Gasteiger partial charge < -0.3 is 0 Å². The number of phenols is 1. The number of carbonyl (C=O) groups is 1. The van der Waals surface area contributed by atoms with Crippen LogP contribution >= 0.6 is 0 Å². The zero-order valence-corrected chi connectivity index (χ0v) is 15.9. The van der Waals surface area contributed by atoms with Gasteiger partial charge in [-0.2, -0.15) is 0 Å². The molecule has 0 radical (unpaired) electrons. The number of benzene rings is 1. The second-order valence-electron chi connectivity index (χ2n) is 5.22. The van der Waals surface area contributed by atoms with Crippen molar-refractivity contribution in [3.05, 3.63) is 30.4 Å². The molecule has 1 atom stereocenters. The standard InChI is InChI=1S/C8H10AsNO5.C8H16/c1-5(11)10-7-4-2-3-6(8(7)12)9(13,14)15;1-4-6-7-8(3)5-2/h2-4,12H,1H3,(H,10,11)(H2,13,14,15);4,6,8H,5,7H2,1-3H3. The Morgan fingerprint density at radius 3 is 2.43 bits per heavy atom. The number of anilines is 1. The summed E-state index contributed by atoms with van der Waals surface area (Å²) in [6.45, 7) is 7.81. The second-order valence-corrected chi connectivity index (χ2v) is 8.51. The van der Waals surface area contributed by atoms with Gasteiger partial charge in [0.1, 0.15) is 0 Å². The molecule has 1 rings (SSSR count). The first-order valence-corrected chi connectivity index (χ1v) is 10.8. The summed E-state index contributed by atoms with van der Waals surface area (Å²) >= 11 is -5.15. The number of allylic oxidation sites excluding steroid dienone is 2. The number of hydrogen-bond donors (Lipinski definition) is 4. The zero-order valence-electron chi connectivity index (χ0n) is 14.0. The molecule has 0 heterocycles. The largest absolute Gasteiger partial charge is 0.0917 e. The average molecular weight is 387 g/mol. The number of para-hydroxylation sites is 1. The van der Waals surface area contributed by atoms with Gasteiger partial charge in [0.05, 0.1) is 0 Å². The van der Waals surface area contributed by atoms with E-state index in [1.165, 1.54) is 31.9 Å². The maximum atomic E-state index is 11.0. The molecular formula is C16H26AsNO5. The monoisotopic (exact) mass is 387 g/mol. The van der Waals surface area contributed by atoms with Crippen LogP contribution in [0, 0.1) is 5.92 Å². The minimum atomic E-state index is -5.15. The van der Waals surface area contributed by atoms with Gasteiger partial charge in [-0.25, -0.2) is 0 Å². The summed E-state index contributed by atoms with van der Waals surface area (Å²) < 4.78 is 28.4. The van der Waals surface area contributed by atoms with E-state index in [4.69, 9.17) is 8.19 Å². The van der Waals surface area contributed by atoms with Gasteiger partial charge in [0.2, 0.25) is 0 Å². The molecule has 0 saturated heterocycles. The predicted molar refractivity (Wildman–Crippen MR) is 91.8 cm³/mol. The topological polar surface area (TPSA) is 107 Å². The van der Waals surface area contributed by atoms with Gasteiger partial charge in [0.25, 0.3) is 0 Å². The minimum Gasteiger partial charge on any atom is -0.0917 e. The Hall–Kier alpha value is -1.49. The quantitative estimate of drug-likeness (QED) is 0.351. The number of carbonyl (C=O) groups excluding carboxylic acids is 1. The van der Waals surface area contributed by atoms with Gasteiger partial charge in [0, 0.05) is 0 Å². The summed E-state index contributed by atoms with van der Waals surface area (Å²) in [6.07, 6.45) is 6.89. The van der Waals surface area contributed by atoms with E-state index in [0.29, 0.717) is 0 Å². The van der Waals surface area contributed by atoms with E-state index in [-0.39, 0.29) is 5.69 Å². The molecule has 1 amide bonds. The smallest absolute Gasteiger partial charge is 0.0325 e. The number of hydrogen-bond acceptors (Lipinski definition) is 3. The Labute approximate surface area is 140 Å². The van der Waals surface area contributed by atoms with E-state index in [0.717, 1.165) is 12.0 Å². The molecule has 0 fully saturated rings. The number of amides is 1. The molecule has 130 valence electrons. The fourth-order valence-corrected chi connectivity index (χ4v) is 3.01. The van der Waals surface area contributed by atoms with E-state index in [1.54, 1.807) is 0 Å². The van der Waals surface area contributed by atoms with Crippen LogP contribution in [0.4, 0.5) is 5.69 Å². The zero-order chi connectivity index (χ0) is 18.0. The molecule has 1 unspecified atom stereocenters. The SMILES string of the molecule is CC(=O)Nc1cccc([As](=O)(O)O)c1O.CC=CCC(C)CC. The number of phenolic OH excluding ortho intramolecular Hbond substituents is 1. The van der Waals surface area contributed by atoms with Crippen molar-refractivity contribution in [1.82, 2.24) is 0 Å². The van der Waals surface area contributed by atoms with Gasteiger partial charge in [-0.05, 0) is 19.3 Å². The maximum absolute atomic E-state index is 11.0. The van der Waals surface area contributed by atoms with Crippen molar-refractivity contribution in [2.45, 2.75) is 40.5 Å². The molecule has 0 spiro atoms. The molecule has 6 nitrogen and oxygen atoms in total. The van der Waals surface area contributed by atoms with Crippen molar-refractivity contribution in [2.75, 3.05) is 5.32 Å². The van der Waals surface area contributed by atoms with Crippen LogP contribution in [-0.2, 0) is 8.53 Å². The van der Waals surface area contributed by atoms with Crippen molar-refractivity contribution in [1.29, 1.82) is 0 Å². The number of rotatable bonds is 5. The Kier molecular flexibility index (Phi) is 9.65. The van der Waals surface area contributed by atoms with Crippen LogP contribution in [0.1, 0.15) is 40.5 Å². The van der Waals surface area contributed by atoms with Crippen molar-refractivity contribution in [2.24, 2.45) is 5.92 Å². The predicted octanol–water partition coefficient (Wildman–Crippen LogP) is 1.91. The van der Waals surface area contributed by atoms with Crippen molar-refractivity contribution in [3.8, 4) is 5.75 Å². The fraction of sp³-hybridized carbons (Fsp3) is 0.438. The minimum absolute atomic E-state index is 0.00951. The summed E-state index contributed by atoms with van der Waals surface area (Å²) in [7, 11) is 0. The van der Waals surface area contributed by atoms with E-state index in [1.807, 2.05) is 0 Å². The molecule has 0 saturated carbocycles. The summed E-state index contributed by atoms with van der Waals surface area (Å²) in [5, 5.41) is 11.7. The molecule has 23 heavy (non-hydrogen) atoms. The number of aromatic hydroxyl groups is 1. The maximum Gasteiger partial charge on any atom is -0.0325 e. The fourth-order valence-electron chi connectivity index (χ4n) is 1.59. The van der Waals surface area contributed by atoms with Crippen molar-refractivity contribution in [3.63, 3.8) is 0 Å². The molecule has 0 aromatic heterocycles. The molecule has 7 heteroatoms. The van der Waals surface area contributed by atoms with Gasteiger partial charge in [-0.1, -0.05) is 32.4 Å². The summed E-state index contributed by atoms with van der Waals surface area (Å²) in [5.74, 6) is -0.146. The Balaban J connectivity index is 0.000000515. The van der Waals surface area contributed by atoms with Crippen LogP contribution in [-0.4, -0.2) is 33.4 Å². The van der Waals surface area contributed by atoms with Gasteiger partial charge in [-0.3, -0.25) is 0 Å². The van der Waals surface area contributed by atoms with Crippen LogP contribution in [0.3, 0.4) is 0 Å². The summed E-state index contributed by atoms with van der Waals surface area (Å²) in [6, 6.07) is 3.83. The Bertz CT molecular complexity index is 580. The van der Waals surface area contributed by atoms with Crippen LogP contribution in [0.25, 0.3) is 0 Å². The normalized spacial score (nSPS) is 12.4. The van der Waals surface area contributed by atoms with Gasteiger partial charge in [0.15, 0.2) is 0 Å². The van der Waals surface area contributed by atoms with Crippen LogP contribution < -0.4 is 9.67 Å². The molecular weight excluding hydrogens is 361 g/mol. The first-order valence-electron chi connectivity index (χ1n) is 7.40. The first-order chi connectivity index (χ1) is 10.6. The van der Waals surface area contributed by atoms with E-state index in [9.17, 15) is 13.6 Å².